The zero-order chi connectivity index (χ0) is 16.3. The largest absolute Gasteiger partial charge is 0.272 e. The quantitative estimate of drug-likeness (QED) is 0.332. The number of halogens is 2. The van der Waals surface area contributed by atoms with E-state index < -0.39 is 4.92 Å². The van der Waals surface area contributed by atoms with E-state index in [-0.39, 0.29) is 5.69 Å². The van der Waals surface area contributed by atoms with Crippen LogP contribution in [-0.4, -0.2) is 4.92 Å². The van der Waals surface area contributed by atoms with Gasteiger partial charge in [0.1, 0.15) is 0 Å². The number of hydrogen-bond acceptors (Lipinski definition) is 3. The van der Waals surface area contributed by atoms with Crippen LogP contribution in [0.4, 0.5) is 5.69 Å². The van der Waals surface area contributed by atoms with Crippen LogP contribution in [0.2, 0.25) is 10.0 Å². The summed E-state index contributed by atoms with van der Waals surface area (Å²) >= 11 is 11.8. The summed E-state index contributed by atoms with van der Waals surface area (Å²) in [4.78, 5) is 10.5. The van der Waals surface area contributed by atoms with Crippen molar-refractivity contribution < 1.29 is 4.92 Å². The van der Waals surface area contributed by atoms with Gasteiger partial charge < -0.3 is 0 Å². The SMILES string of the molecule is Cc1ccc(/C=C(/C#N)c2ccc(Cl)c(Cl)c2)cc1[N+](=O)[O-]. The molecule has 6 heteroatoms. The first kappa shape index (κ1) is 16.0. The summed E-state index contributed by atoms with van der Waals surface area (Å²) in [5.41, 5.74) is 2.09. The first-order valence-corrected chi connectivity index (χ1v) is 7.00. The van der Waals surface area contributed by atoms with Crippen LogP contribution in [0.1, 0.15) is 16.7 Å². The summed E-state index contributed by atoms with van der Waals surface area (Å²) in [5.74, 6) is 0. The molecule has 0 radical (unpaired) electrons. The standard InChI is InChI=1S/C16H10Cl2N2O2/c1-10-2-3-11(7-16(10)20(21)22)6-13(9-19)12-4-5-14(17)15(18)8-12/h2-8H,1H3/b13-6-. The van der Waals surface area contributed by atoms with Crippen LogP contribution in [0.3, 0.4) is 0 Å². The minimum atomic E-state index is -0.447. The molecule has 2 aromatic carbocycles. The summed E-state index contributed by atoms with van der Waals surface area (Å²) in [6, 6.07) is 11.7. The molecule has 0 spiro atoms. The molecule has 22 heavy (non-hydrogen) atoms. The van der Waals surface area contributed by atoms with Crippen LogP contribution in [0.5, 0.6) is 0 Å². The average molecular weight is 333 g/mol. The molecule has 0 fully saturated rings. The van der Waals surface area contributed by atoms with E-state index in [9.17, 15) is 15.4 Å². The average Bonchev–Trinajstić information content (AvgIpc) is 2.49. The molecule has 0 aliphatic heterocycles. The molecule has 0 atom stereocenters. The molecule has 2 rings (SSSR count). The lowest BCUT2D eigenvalue weighted by Crippen LogP contribution is -1.92. The Balaban J connectivity index is 2.49. The van der Waals surface area contributed by atoms with Crippen molar-refractivity contribution in [2.24, 2.45) is 0 Å². The number of nitro benzene ring substituents is 1. The van der Waals surface area contributed by atoms with Gasteiger partial charge in [-0.25, -0.2) is 0 Å². The van der Waals surface area contributed by atoms with E-state index in [1.54, 1.807) is 43.3 Å². The smallest absolute Gasteiger partial charge is 0.258 e. The lowest BCUT2D eigenvalue weighted by molar-refractivity contribution is -0.385. The molecule has 0 aromatic heterocycles. The van der Waals surface area contributed by atoms with Gasteiger partial charge in [0, 0.05) is 11.6 Å². The van der Waals surface area contributed by atoms with Crippen molar-refractivity contribution in [3.63, 3.8) is 0 Å². The van der Waals surface area contributed by atoms with Gasteiger partial charge >= 0.3 is 0 Å². The summed E-state index contributed by atoms with van der Waals surface area (Å²) in [6.45, 7) is 1.66. The highest BCUT2D eigenvalue weighted by Gasteiger charge is 2.11. The third-order valence-electron chi connectivity index (χ3n) is 3.09. The molecule has 0 N–H and O–H groups in total. The molecule has 0 amide bonds. The van der Waals surface area contributed by atoms with Crippen molar-refractivity contribution in [3.8, 4) is 6.07 Å². The number of benzene rings is 2. The fraction of sp³-hybridized carbons (Fsp3) is 0.0625. The van der Waals surface area contributed by atoms with E-state index >= 15 is 0 Å². The Morgan fingerprint density at radius 3 is 2.55 bits per heavy atom. The molecular formula is C16H10Cl2N2O2. The Morgan fingerprint density at radius 1 is 1.23 bits per heavy atom. The normalized spacial score (nSPS) is 11.1. The van der Waals surface area contributed by atoms with Gasteiger partial charge in [-0.3, -0.25) is 10.1 Å². The van der Waals surface area contributed by atoms with E-state index in [0.717, 1.165) is 0 Å². The molecule has 110 valence electrons. The molecule has 0 heterocycles. The van der Waals surface area contributed by atoms with Crippen molar-refractivity contribution in [1.29, 1.82) is 5.26 Å². The molecule has 0 unspecified atom stereocenters. The van der Waals surface area contributed by atoms with Crippen molar-refractivity contribution in [2.45, 2.75) is 6.92 Å². The lowest BCUT2D eigenvalue weighted by Gasteiger charge is -2.03. The number of rotatable bonds is 3. The molecular weight excluding hydrogens is 323 g/mol. The molecule has 0 bridgehead atoms. The summed E-state index contributed by atoms with van der Waals surface area (Å²) < 4.78 is 0. The van der Waals surface area contributed by atoms with Crippen molar-refractivity contribution in [2.75, 3.05) is 0 Å². The van der Waals surface area contributed by atoms with Crippen LogP contribution in [0.25, 0.3) is 11.6 Å². The Bertz CT molecular complexity index is 823. The zero-order valence-electron chi connectivity index (χ0n) is 11.5. The summed E-state index contributed by atoms with van der Waals surface area (Å²) in [5, 5.41) is 21.0. The second-order valence-electron chi connectivity index (χ2n) is 4.60. The van der Waals surface area contributed by atoms with Gasteiger partial charge in [-0.1, -0.05) is 41.4 Å². The Morgan fingerprint density at radius 2 is 1.95 bits per heavy atom. The minimum Gasteiger partial charge on any atom is -0.258 e. The van der Waals surface area contributed by atoms with Crippen LogP contribution < -0.4 is 0 Å². The maximum Gasteiger partial charge on any atom is 0.272 e. The second-order valence-corrected chi connectivity index (χ2v) is 5.42. The number of nitro groups is 1. The molecule has 0 saturated carbocycles. The van der Waals surface area contributed by atoms with Crippen molar-refractivity contribution >= 4 is 40.5 Å². The van der Waals surface area contributed by atoms with Gasteiger partial charge in [0.25, 0.3) is 5.69 Å². The van der Waals surface area contributed by atoms with Gasteiger partial charge in [0.2, 0.25) is 0 Å². The first-order chi connectivity index (χ1) is 10.4. The molecule has 0 saturated heterocycles. The zero-order valence-corrected chi connectivity index (χ0v) is 13.0. The van der Waals surface area contributed by atoms with Crippen LogP contribution >= 0.6 is 23.2 Å². The maximum atomic E-state index is 11.0. The fourth-order valence-electron chi connectivity index (χ4n) is 1.92. The van der Waals surface area contributed by atoms with E-state index in [1.165, 1.54) is 6.07 Å². The number of hydrogen-bond donors (Lipinski definition) is 0. The van der Waals surface area contributed by atoms with Crippen molar-refractivity contribution in [1.82, 2.24) is 0 Å². The number of nitrogens with zero attached hydrogens (tertiary/aromatic N) is 2. The highest BCUT2D eigenvalue weighted by Crippen LogP contribution is 2.28. The fourth-order valence-corrected chi connectivity index (χ4v) is 2.22. The van der Waals surface area contributed by atoms with Crippen LogP contribution in [0, 0.1) is 28.4 Å². The number of aryl methyl sites for hydroxylation is 1. The lowest BCUT2D eigenvalue weighted by atomic mass is 10.0. The molecule has 0 aliphatic rings. The van der Waals surface area contributed by atoms with E-state index in [1.807, 2.05) is 0 Å². The third kappa shape index (κ3) is 3.45. The van der Waals surface area contributed by atoms with E-state index in [4.69, 9.17) is 23.2 Å². The predicted octanol–water partition coefficient (Wildman–Crippen LogP) is 5.27. The van der Waals surface area contributed by atoms with Gasteiger partial charge in [-0.15, -0.1) is 0 Å². The maximum absolute atomic E-state index is 11.0. The predicted molar refractivity (Wildman–Crippen MR) is 87.8 cm³/mol. The van der Waals surface area contributed by atoms with Gasteiger partial charge in [-0.05, 0) is 36.3 Å². The van der Waals surface area contributed by atoms with Crippen LogP contribution in [-0.2, 0) is 0 Å². The number of allylic oxidation sites excluding steroid dienone is 1. The Labute approximate surface area is 137 Å². The van der Waals surface area contributed by atoms with E-state index in [0.29, 0.717) is 32.3 Å². The van der Waals surface area contributed by atoms with Crippen molar-refractivity contribution in [3.05, 3.63) is 73.2 Å². The first-order valence-electron chi connectivity index (χ1n) is 6.24. The van der Waals surface area contributed by atoms with Gasteiger partial charge in [0.15, 0.2) is 0 Å². The minimum absolute atomic E-state index is 0.0141. The van der Waals surface area contributed by atoms with Gasteiger partial charge in [-0.2, -0.15) is 5.26 Å². The highest BCUT2D eigenvalue weighted by atomic mass is 35.5. The monoisotopic (exact) mass is 332 g/mol. The molecule has 2 aromatic rings. The third-order valence-corrected chi connectivity index (χ3v) is 3.83. The Kier molecular flexibility index (Phi) is 4.81. The van der Waals surface area contributed by atoms with Crippen LogP contribution in [0.15, 0.2) is 36.4 Å². The topological polar surface area (TPSA) is 66.9 Å². The highest BCUT2D eigenvalue weighted by molar-refractivity contribution is 6.42. The summed E-state index contributed by atoms with van der Waals surface area (Å²) in [7, 11) is 0. The summed E-state index contributed by atoms with van der Waals surface area (Å²) in [6.07, 6.45) is 1.58. The van der Waals surface area contributed by atoms with E-state index in [2.05, 4.69) is 6.07 Å². The molecule has 4 nitrogen and oxygen atoms in total. The second kappa shape index (κ2) is 6.61. The number of nitriles is 1. The van der Waals surface area contributed by atoms with Gasteiger partial charge in [0.05, 0.1) is 26.6 Å². The Hall–Kier alpha value is -2.35. The molecule has 0 aliphatic carbocycles.